The molecule has 3 rings (SSSR count). The van der Waals surface area contributed by atoms with Gasteiger partial charge in [0, 0.05) is 38.3 Å². The first-order valence-corrected chi connectivity index (χ1v) is 7.60. The highest BCUT2D eigenvalue weighted by Crippen LogP contribution is 2.22. The lowest BCUT2D eigenvalue weighted by molar-refractivity contribution is 0.102. The number of hydrogen-bond acceptors (Lipinski definition) is 3. The molecule has 0 bridgehead atoms. The van der Waals surface area contributed by atoms with Crippen LogP contribution in [-0.4, -0.2) is 48.6 Å². The fourth-order valence-corrected chi connectivity index (χ4v) is 3.45. The maximum atomic E-state index is 6.28. The van der Waals surface area contributed by atoms with Crippen LogP contribution in [0.3, 0.4) is 0 Å². The van der Waals surface area contributed by atoms with Crippen molar-refractivity contribution in [3.8, 4) is 0 Å². The highest BCUT2D eigenvalue weighted by atomic mass is 15.3. The van der Waals surface area contributed by atoms with Crippen molar-refractivity contribution in [2.75, 3.05) is 32.7 Å². The second kappa shape index (κ2) is 6.04. The molecule has 2 saturated heterocycles. The lowest BCUT2D eigenvalue weighted by Gasteiger charge is -2.37. The molecule has 3 nitrogen and oxygen atoms in total. The Kier molecular flexibility index (Phi) is 4.16. The molecule has 2 aliphatic heterocycles. The topological polar surface area (TPSA) is 32.5 Å². The van der Waals surface area contributed by atoms with Gasteiger partial charge in [-0.3, -0.25) is 4.90 Å². The SMILES string of the molecule is NC(CCN1CCN2CCCC2C1)c1ccccc1. The summed E-state index contributed by atoms with van der Waals surface area (Å²) in [4.78, 5) is 5.27. The van der Waals surface area contributed by atoms with Gasteiger partial charge in [-0.1, -0.05) is 30.3 Å². The van der Waals surface area contributed by atoms with Crippen LogP contribution in [0.25, 0.3) is 0 Å². The van der Waals surface area contributed by atoms with Crippen LogP contribution in [0, 0.1) is 0 Å². The van der Waals surface area contributed by atoms with Crippen molar-refractivity contribution < 1.29 is 0 Å². The summed E-state index contributed by atoms with van der Waals surface area (Å²) in [5, 5.41) is 0. The lowest BCUT2D eigenvalue weighted by atomic mass is 10.0. The number of nitrogens with two attached hydrogens (primary N) is 1. The van der Waals surface area contributed by atoms with Gasteiger partial charge in [0.15, 0.2) is 0 Å². The standard InChI is InChI=1S/C16H25N3/c17-16(14-5-2-1-3-6-14)8-10-18-11-12-19-9-4-7-15(19)13-18/h1-3,5-6,15-16H,4,7-13,17H2. The van der Waals surface area contributed by atoms with E-state index < -0.39 is 0 Å². The fourth-order valence-electron chi connectivity index (χ4n) is 3.45. The van der Waals surface area contributed by atoms with Gasteiger partial charge >= 0.3 is 0 Å². The van der Waals surface area contributed by atoms with E-state index in [0.717, 1.165) is 19.0 Å². The van der Waals surface area contributed by atoms with Gasteiger partial charge in [-0.05, 0) is 31.4 Å². The van der Waals surface area contributed by atoms with Crippen LogP contribution in [0.5, 0.6) is 0 Å². The summed E-state index contributed by atoms with van der Waals surface area (Å²) < 4.78 is 0. The van der Waals surface area contributed by atoms with Crippen LogP contribution < -0.4 is 5.73 Å². The number of nitrogens with zero attached hydrogens (tertiary/aromatic N) is 2. The van der Waals surface area contributed by atoms with Crippen LogP contribution in [-0.2, 0) is 0 Å². The van der Waals surface area contributed by atoms with Crippen molar-refractivity contribution in [3.05, 3.63) is 35.9 Å². The summed E-state index contributed by atoms with van der Waals surface area (Å²) in [7, 11) is 0. The number of fused-ring (bicyclic) bond motifs is 1. The predicted molar refractivity (Wildman–Crippen MR) is 79.0 cm³/mol. The molecule has 0 spiro atoms. The van der Waals surface area contributed by atoms with Crippen molar-refractivity contribution >= 4 is 0 Å². The third-order valence-electron chi connectivity index (χ3n) is 4.66. The van der Waals surface area contributed by atoms with Crippen molar-refractivity contribution in [2.45, 2.75) is 31.3 Å². The summed E-state index contributed by atoms with van der Waals surface area (Å²) in [5.74, 6) is 0. The van der Waals surface area contributed by atoms with Gasteiger partial charge in [-0.2, -0.15) is 0 Å². The Balaban J connectivity index is 1.47. The zero-order valence-electron chi connectivity index (χ0n) is 11.7. The van der Waals surface area contributed by atoms with Crippen LogP contribution >= 0.6 is 0 Å². The normalized spacial score (nSPS) is 26.3. The number of benzene rings is 1. The molecule has 2 atom stereocenters. The zero-order chi connectivity index (χ0) is 13.1. The fraction of sp³-hybridized carbons (Fsp3) is 0.625. The minimum absolute atomic E-state index is 0.183. The zero-order valence-corrected chi connectivity index (χ0v) is 11.7. The molecular formula is C16H25N3. The van der Waals surface area contributed by atoms with Crippen LogP contribution in [0.2, 0.25) is 0 Å². The maximum absolute atomic E-state index is 6.28. The highest BCUT2D eigenvalue weighted by molar-refractivity contribution is 5.18. The third-order valence-corrected chi connectivity index (χ3v) is 4.66. The Hall–Kier alpha value is -0.900. The average molecular weight is 259 g/mol. The molecule has 0 aliphatic carbocycles. The van der Waals surface area contributed by atoms with E-state index >= 15 is 0 Å². The van der Waals surface area contributed by atoms with Gasteiger partial charge < -0.3 is 10.6 Å². The van der Waals surface area contributed by atoms with E-state index in [1.807, 2.05) is 0 Å². The van der Waals surface area contributed by atoms with Crippen molar-refractivity contribution in [3.63, 3.8) is 0 Å². The summed E-state index contributed by atoms with van der Waals surface area (Å²) >= 11 is 0. The minimum Gasteiger partial charge on any atom is -0.324 e. The molecule has 19 heavy (non-hydrogen) atoms. The Morgan fingerprint density at radius 2 is 2.00 bits per heavy atom. The number of hydrogen-bond donors (Lipinski definition) is 1. The van der Waals surface area contributed by atoms with Crippen molar-refractivity contribution in [1.82, 2.24) is 9.80 Å². The summed E-state index contributed by atoms with van der Waals surface area (Å²) in [6.07, 6.45) is 3.85. The molecule has 0 radical (unpaired) electrons. The highest BCUT2D eigenvalue weighted by Gasteiger charge is 2.30. The predicted octanol–water partition coefficient (Wildman–Crippen LogP) is 1.86. The van der Waals surface area contributed by atoms with Crippen LogP contribution in [0.4, 0.5) is 0 Å². The smallest absolute Gasteiger partial charge is 0.0307 e. The van der Waals surface area contributed by atoms with Gasteiger partial charge in [-0.25, -0.2) is 0 Å². The van der Waals surface area contributed by atoms with E-state index in [-0.39, 0.29) is 6.04 Å². The molecule has 2 N–H and O–H groups in total. The maximum Gasteiger partial charge on any atom is 0.0307 e. The average Bonchev–Trinajstić information content (AvgIpc) is 2.93. The molecule has 1 aromatic rings. The van der Waals surface area contributed by atoms with E-state index in [1.165, 1.54) is 44.6 Å². The second-order valence-corrected chi connectivity index (χ2v) is 5.94. The monoisotopic (exact) mass is 259 g/mol. The van der Waals surface area contributed by atoms with E-state index in [9.17, 15) is 0 Å². The Morgan fingerprint density at radius 1 is 1.16 bits per heavy atom. The van der Waals surface area contributed by atoms with E-state index in [1.54, 1.807) is 0 Å². The second-order valence-electron chi connectivity index (χ2n) is 5.94. The van der Waals surface area contributed by atoms with Gasteiger partial charge in [-0.15, -0.1) is 0 Å². The number of piperazine rings is 1. The van der Waals surface area contributed by atoms with E-state index in [2.05, 4.69) is 40.1 Å². The largest absolute Gasteiger partial charge is 0.324 e. The molecule has 104 valence electrons. The Labute approximate surface area is 116 Å². The molecule has 2 aliphatic rings. The first-order chi connectivity index (χ1) is 9.33. The minimum atomic E-state index is 0.183. The first kappa shape index (κ1) is 13.1. The van der Waals surface area contributed by atoms with Gasteiger partial charge in [0.05, 0.1) is 0 Å². The number of rotatable bonds is 4. The van der Waals surface area contributed by atoms with Crippen molar-refractivity contribution in [2.24, 2.45) is 5.73 Å². The van der Waals surface area contributed by atoms with Gasteiger partial charge in [0.2, 0.25) is 0 Å². The quantitative estimate of drug-likeness (QED) is 0.896. The molecule has 0 amide bonds. The van der Waals surface area contributed by atoms with Crippen molar-refractivity contribution in [1.29, 1.82) is 0 Å². The molecule has 3 heteroatoms. The first-order valence-electron chi connectivity index (χ1n) is 7.60. The summed E-state index contributed by atoms with van der Waals surface area (Å²) in [5.41, 5.74) is 7.55. The Morgan fingerprint density at radius 3 is 2.84 bits per heavy atom. The molecule has 2 fully saturated rings. The summed E-state index contributed by atoms with van der Waals surface area (Å²) in [6, 6.07) is 11.5. The van der Waals surface area contributed by atoms with Crippen LogP contribution in [0.1, 0.15) is 30.9 Å². The molecule has 1 aromatic carbocycles. The van der Waals surface area contributed by atoms with Gasteiger partial charge in [0.1, 0.15) is 0 Å². The molecule has 0 saturated carbocycles. The molecule has 0 aromatic heterocycles. The summed E-state index contributed by atoms with van der Waals surface area (Å²) in [6.45, 7) is 6.19. The van der Waals surface area contributed by atoms with Gasteiger partial charge in [0.25, 0.3) is 0 Å². The molecule has 2 heterocycles. The van der Waals surface area contributed by atoms with E-state index in [4.69, 9.17) is 5.73 Å². The van der Waals surface area contributed by atoms with Crippen LogP contribution in [0.15, 0.2) is 30.3 Å². The molecule has 2 unspecified atom stereocenters. The molecular weight excluding hydrogens is 234 g/mol. The lowest BCUT2D eigenvalue weighted by Crippen LogP contribution is -2.50. The van der Waals surface area contributed by atoms with E-state index in [0.29, 0.717) is 0 Å². The third kappa shape index (κ3) is 3.16. The Bertz CT molecular complexity index is 392.